The summed E-state index contributed by atoms with van der Waals surface area (Å²) >= 11 is 0. The van der Waals surface area contributed by atoms with Crippen molar-refractivity contribution in [3.63, 3.8) is 0 Å². The Kier molecular flexibility index (Phi) is 5.31. The molecule has 0 bridgehead atoms. The van der Waals surface area contributed by atoms with Gasteiger partial charge in [-0.1, -0.05) is 19.1 Å². The van der Waals surface area contributed by atoms with Gasteiger partial charge >= 0.3 is 6.18 Å². The molecule has 0 aliphatic heterocycles. The number of hydrogen-bond donors (Lipinski definition) is 2. The Balaban J connectivity index is 1.91. The van der Waals surface area contributed by atoms with Crippen molar-refractivity contribution in [3.8, 4) is 0 Å². The van der Waals surface area contributed by atoms with Crippen LogP contribution in [0.15, 0.2) is 41.2 Å². The lowest BCUT2D eigenvalue weighted by Gasteiger charge is -2.41. The fourth-order valence-electron chi connectivity index (χ4n) is 4.93. The summed E-state index contributed by atoms with van der Waals surface area (Å²) in [4.78, 5) is 14.4. The monoisotopic (exact) mass is 432 g/mol. The van der Waals surface area contributed by atoms with Gasteiger partial charge in [0.2, 0.25) is 5.56 Å². The minimum Gasteiger partial charge on any atom is -0.377 e. The van der Waals surface area contributed by atoms with Crippen LogP contribution in [0.25, 0.3) is 10.9 Å². The molecule has 3 nitrogen and oxygen atoms in total. The number of aryl methyl sites for hydroxylation is 1. The number of anilines is 1. The molecule has 0 fully saturated rings. The number of aromatic nitrogens is 1. The van der Waals surface area contributed by atoms with Crippen molar-refractivity contribution >= 4 is 16.6 Å². The highest BCUT2D eigenvalue weighted by atomic mass is 19.4. The Morgan fingerprint density at radius 1 is 1.16 bits per heavy atom. The zero-order valence-corrected chi connectivity index (χ0v) is 17.5. The predicted octanol–water partition coefficient (Wildman–Crippen LogP) is 6.51. The molecule has 1 aliphatic carbocycles. The molecule has 0 saturated heterocycles. The second kappa shape index (κ2) is 7.70. The standard InChI is InChI=1S/C24H24F4N2O/c1-4-14-11-17(24(26,27)28)23(16-10-12(2)22(25)13(3)21(14)16)30-19-7-5-6-18-15(19)8-9-20(31)29-18/h5-10,14,17,23,30H,4,11H2,1-3H3,(H,29,31)/t14-,17?,23?/m1/s1. The Morgan fingerprint density at radius 2 is 1.90 bits per heavy atom. The smallest absolute Gasteiger partial charge is 0.377 e. The van der Waals surface area contributed by atoms with Crippen LogP contribution in [0.2, 0.25) is 0 Å². The van der Waals surface area contributed by atoms with Crippen molar-refractivity contribution in [3.05, 3.63) is 74.8 Å². The molecule has 1 aliphatic rings. The van der Waals surface area contributed by atoms with E-state index in [4.69, 9.17) is 0 Å². The van der Waals surface area contributed by atoms with Gasteiger partial charge < -0.3 is 10.3 Å². The Hall–Kier alpha value is -2.83. The molecule has 1 aromatic heterocycles. The van der Waals surface area contributed by atoms with Crippen molar-refractivity contribution in [2.24, 2.45) is 5.92 Å². The van der Waals surface area contributed by atoms with Crippen LogP contribution in [-0.2, 0) is 0 Å². The second-order valence-corrected chi connectivity index (χ2v) is 8.34. The molecule has 3 aromatic rings. The van der Waals surface area contributed by atoms with Gasteiger partial charge in [0.1, 0.15) is 5.82 Å². The number of benzene rings is 2. The van der Waals surface area contributed by atoms with Gasteiger partial charge in [-0.2, -0.15) is 13.2 Å². The fourth-order valence-corrected chi connectivity index (χ4v) is 4.93. The van der Waals surface area contributed by atoms with Gasteiger partial charge in [0.15, 0.2) is 0 Å². The van der Waals surface area contributed by atoms with Gasteiger partial charge in [0, 0.05) is 17.1 Å². The molecule has 2 unspecified atom stereocenters. The Labute approximate surface area is 177 Å². The highest BCUT2D eigenvalue weighted by Crippen LogP contribution is 2.52. The zero-order valence-electron chi connectivity index (χ0n) is 17.5. The molecular formula is C24H24F4N2O. The first-order chi connectivity index (χ1) is 14.6. The summed E-state index contributed by atoms with van der Waals surface area (Å²) in [6.45, 7) is 5.08. The van der Waals surface area contributed by atoms with Crippen LogP contribution in [0.3, 0.4) is 0 Å². The molecule has 0 spiro atoms. The van der Waals surface area contributed by atoms with Gasteiger partial charge in [-0.25, -0.2) is 4.39 Å². The molecular weight excluding hydrogens is 408 g/mol. The highest BCUT2D eigenvalue weighted by Gasteiger charge is 2.50. The van der Waals surface area contributed by atoms with Crippen molar-refractivity contribution < 1.29 is 17.6 Å². The van der Waals surface area contributed by atoms with E-state index in [1.54, 1.807) is 44.2 Å². The first-order valence-electron chi connectivity index (χ1n) is 10.4. The van der Waals surface area contributed by atoms with Gasteiger partial charge in [-0.05, 0) is 73.1 Å². The number of hydrogen-bond acceptors (Lipinski definition) is 2. The minimum atomic E-state index is -4.42. The van der Waals surface area contributed by atoms with Gasteiger partial charge in [0.25, 0.3) is 0 Å². The third kappa shape index (κ3) is 3.70. The first kappa shape index (κ1) is 21.4. The van der Waals surface area contributed by atoms with Crippen molar-refractivity contribution in [2.75, 3.05) is 5.32 Å². The summed E-state index contributed by atoms with van der Waals surface area (Å²) in [5.41, 5.74) is 2.69. The maximum absolute atomic E-state index is 14.7. The van der Waals surface area contributed by atoms with Crippen LogP contribution in [0, 0.1) is 25.6 Å². The highest BCUT2D eigenvalue weighted by molar-refractivity contribution is 5.91. The topological polar surface area (TPSA) is 44.9 Å². The van der Waals surface area contributed by atoms with Gasteiger partial charge in [0.05, 0.1) is 17.5 Å². The fraction of sp³-hybridized carbons (Fsp3) is 0.375. The van der Waals surface area contributed by atoms with Gasteiger partial charge in [-0.15, -0.1) is 0 Å². The molecule has 164 valence electrons. The molecule has 7 heteroatoms. The molecule has 0 saturated carbocycles. The number of pyridine rings is 1. The van der Waals surface area contributed by atoms with Crippen LogP contribution < -0.4 is 10.9 Å². The molecule has 31 heavy (non-hydrogen) atoms. The predicted molar refractivity (Wildman–Crippen MR) is 114 cm³/mol. The number of aromatic amines is 1. The van der Waals surface area contributed by atoms with Crippen LogP contribution in [0.4, 0.5) is 23.2 Å². The lowest BCUT2D eigenvalue weighted by molar-refractivity contribution is -0.184. The normalized spacial score (nSPS) is 21.2. The maximum atomic E-state index is 14.7. The van der Waals surface area contributed by atoms with Crippen LogP contribution in [0.5, 0.6) is 0 Å². The lowest BCUT2D eigenvalue weighted by atomic mass is 9.70. The largest absolute Gasteiger partial charge is 0.394 e. The molecule has 3 atom stereocenters. The van der Waals surface area contributed by atoms with Crippen LogP contribution >= 0.6 is 0 Å². The zero-order chi connectivity index (χ0) is 22.5. The lowest BCUT2D eigenvalue weighted by Crippen LogP contribution is -2.38. The summed E-state index contributed by atoms with van der Waals surface area (Å²) in [5, 5.41) is 3.73. The van der Waals surface area contributed by atoms with E-state index in [9.17, 15) is 22.4 Å². The SMILES string of the molecule is CC[C@@H]1CC(C(F)(F)F)C(Nc2cccc3[nH]c(=O)ccc23)c2cc(C)c(F)c(C)c21. The number of alkyl halides is 3. The van der Waals surface area contributed by atoms with Gasteiger partial charge in [-0.3, -0.25) is 4.79 Å². The van der Waals surface area contributed by atoms with E-state index in [1.165, 1.54) is 6.07 Å². The number of halogens is 4. The maximum Gasteiger partial charge on any atom is 0.394 e. The van der Waals surface area contributed by atoms with Crippen molar-refractivity contribution in [2.45, 2.75) is 51.7 Å². The quantitative estimate of drug-likeness (QED) is 0.463. The Morgan fingerprint density at radius 3 is 2.58 bits per heavy atom. The van der Waals surface area contributed by atoms with E-state index >= 15 is 0 Å². The number of rotatable bonds is 3. The van der Waals surface area contributed by atoms with Crippen LogP contribution in [0.1, 0.15) is 54.0 Å². The molecule has 4 rings (SSSR count). The van der Waals surface area contributed by atoms with Crippen molar-refractivity contribution in [1.29, 1.82) is 0 Å². The van der Waals surface area contributed by atoms with Crippen molar-refractivity contribution in [1.82, 2.24) is 4.98 Å². The third-order valence-electron chi connectivity index (χ3n) is 6.44. The Bertz CT molecular complexity index is 1200. The number of H-pyrrole nitrogens is 1. The van der Waals surface area contributed by atoms with Crippen LogP contribution in [-0.4, -0.2) is 11.2 Å². The summed E-state index contributed by atoms with van der Waals surface area (Å²) in [6, 6.07) is 8.52. The number of nitrogens with one attached hydrogen (secondary N) is 2. The van der Waals surface area contributed by atoms with E-state index in [-0.39, 0.29) is 23.7 Å². The molecule has 1 heterocycles. The van der Waals surface area contributed by atoms with E-state index in [1.807, 2.05) is 6.92 Å². The average Bonchev–Trinajstić information content (AvgIpc) is 2.71. The molecule has 2 aromatic carbocycles. The van der Waals surface area contributed by atoms with E-state index < -0.39 is 18.1 Å². The van der Waals surface area contributed by atoms with E-state index in [2.05, 4.69) is 10.3 Å². The molecule has 0 radical (unpaired) electrons. The van der Waals surface area contributed by atoms with E-state index in [0.717, 1.165) is 0 Å². The second-order valence-electron chi connectivity index (χ2n) is 8.34. The first-order valence-corrected chi connectivity index (χ1v) is 10.4. The third-order valence-corrected chi connectivity index (χ3v) is 6.44. The summed E-state index contributed by atoms with van der Waals surface area (Å²) in [6.07, 6.45) is -4.02. The minimum absolute atomic E-state index is 0.102. The number of fused-ring (bicyclic) bond motifs is 2. The molecule has 0 amide bonds. The summed E-state index contributed by atoms with van der Waals surface area (Å²) in [7, 11) is 0. The summed E-state index contributed by atoms with van der Waals surface area (Å²) in [5.74, 6) is -2.34. The molecule has 2 N–H and O–H groups in total. The van der Waals surface area contributed by atoms with E-state index in [0.29, 0.717) is 45.3 Å². The average molecular weight is 432 g/mol. The summed E-state index contributed by atoms with van der Waals surface area (Å²) < 4.78 is 57.2.